The molecule has 1 amide bonds. The van der Waals surface area contributed by atoms with Crippen molar-refractivity contribution in [1.82, 2.24) is 5.32 Å². The third-order valence-electron chi connectivity index (χ3n) is 13.7. The van der Waals surface area contributed by atoms with Crippen molar-refractivity contribution in [1.29, 1.82) is 0 Å². The van der Waals surface area contributed by atoms with Crippen LogP contribution >= 0.6 is 0 Å². The van der Waals surface area contributed by atoms with Crippen molar-refractivity contribution in [3.8, 4) is 0 Å². The van der Waals surface area contributed by atoms with Gasteiger partial charge in [0.15, 0.2) is 0 Å². The predicted octanol–water partition coefficient (Wildman–Crippen LogP) is 17.5. The molecule has 0 saturated heterocycles. The molecule has 0 spiro atoms. The van der Waals surface area contributed by atoms with E-state index in [1.165, 1.54) is 257 Å². The predicted molar refractivity (Wildman–Crippen MR) is 274 cm³/mol. The van der Waals surface area contributed by atoms with Crippen LogP contribution < -0.4 is 5.32 Å². The maximum atomic E-state index is 12.4. The summed E-state index contributed by atoms with van der Waals surface area (Å²) in [5.74, 6) is -0.0262. The molecule has 0 radical (unpaired) electrons. The van der Waals surface area contributed by atoms with Gasteiger partial charge in [-0.05, 0) is 25.7 Å². The molecule has 0 aromatic rings. The Bertz CT molecular complexity index is 898. The van der Waals surface area contributed by atoms with Crippen LogP contribution in [-0.2, 0) is 14.3 Å². The Morgan fingerprint density at radius 1 is 0.381 bits per heavy atom. The lowest BCUT2D eigenvalue weighted by Gasteiger charge is -2.22. The zero-order valence-electron chi connectivity index (χ0n) is 42.8. The second-order valence-electron chi connectivity index (χ2n) is 20.0. The summed E-state index contributed by atoms with van der Waals surface area (Å²) in [4.78, 5) is 24.5. The second-order valence-corrected chi connectivity index (χ2v) is 20.0. The fourth-order valence-corrected chi connectivity index (χ4v) is 9.23. The molecule has 0 heterocycles. The molecule has 3 N–H and O–H groups in total. The number of carbonyl (C=O) groups excluding carboxylic acids is 2. The molecule has 0 aromatic carbocycles. The molecule has 63 heavy (non-hydrogen) atoms. The summed E-state index contributed by atoms with van der Waals surface area (Å²) in [7, 11) is 0. The number of aliphatic hydroxyl groups is 2. The summed E-state index contributed by atoms with van der Waals surface area (Å²) in [6.07, 6.45) is 61.0. The van der Waals surface area contributed by atoms with Gasteiger partial charge >= 0.3 is 5.97 Å². The molecular formula is C57H113NO5. The summed E-state index contributed by atoms with van der Waals surface area (Å²) >= 11 is 0. The van der Waals surface area contributed by atoms with Gasteiger partial charge in [-0.1, -0.05) is 290 Å². The maximum Gasteiger partial charge on any atom is 0.305 e. The number of ether oxygens (including phenoxy) is 1. The minimum Gasteiger partial charge on any atom is -0.466 e. The lowest BCUT2D eigenvalue weighted by molar-refractivity contribution is -0.143. The van der Waals surface area contributed by atoms with E-state index >= 15 is 0 Å². The Balaban J connectivity index is 3.35. The Morgan fingerprint density at radius 2 is 0.651 bits per heavy atom. The summed E-state index contributed by atoms with van der Waals surface area (Å²) in [6, 6.07) is -0.541. The van der Waals surface area contributed by atoms with Crippen LogP contribution in [0.2, 0.25) is 0 Å². The molecule has 6 heteroatoms. The Labute approximate surface area is 394 Å². The van der Waals surface area contributed by atoms with Gasteiger partial charge in [0.25, 0.3) is 0 Å². The molecule has 0 aliphatic rings. The molecule has 2 atom stereocenters. The van der Waals surface area contributed by atoms with Crippen LogP contribution in [0.5, 0.6) is 0 Å². The van der Waals surface area contributed by atoms with E-state index in [1.54, 1.807) is 0 Å². The van der Waals surface area contributed by atoms with Crippen LogP contribution in [0.15, 0.2) is 0 Å². The first kappa shape index (κ1) is 61.9. The molecule has 0 fully saturated rings. The molecule has 0 rings (SSSR count). The van der Waals surface area contributed by atoms with E-state index < -0.39 is 12.1 Å². The van der Waals surface area contributed by atoms with Crippen LogP contribution in [0.1, 0.15) is 328 Å². The number of hydrogen-bond donors (Lipinski definition) is 3. The van der Waals surface area contributed by atoms with Crippen molar-refractivity contribution >= 4 is 11.9 Å². The number of amides is 1. The SMILES string of the molecule is CCCCCCCCCCCCCCCCCCCC(=O)OCCCCCCCCCCCCCCCCCCCCC(=O)NC(CO)C(O)CCCCCCCCCCCCC. The topological polar surface area (TPSA) is 95.9 Å². The lowest BCUT2D eigenvalue weighted by atomic mass is 10.0. The summed E-state index contributed by atoms with van der Waals surface area (Å²) in [5, 5.41) is 23.2. The number of hydrogen-bond acceptors (Lipinski definition) is 5. The average Bonchev–Trinajstić information content (AvgIpc) is 3.28. The Morgan fingerprint density at radius 3 is 0.968 bits per heavy atom. The Hall–Kier alpha value is -1.14. The standard InChI is InChI=1S/C57H113NO5/c1-3-5-7-9-11-13-15-16-17-20-24-27-31-35-39-43-47-51-57(62)63-52-48-44-40-36-32-28-25-22-19-18-21-23-26-30-34-38-42-46-50-56(61)58-54(53-59)55(60)49-45-41-37-33-29-14-12-10-8-6-4-2/h54-55,59-60H,3-53H2,1-2H3,(H,58,61). The van der Waals surface area contributed by atoms with Crippen molar-refractivity contribution < 1.29 is 24.5 Å². The molecular weight excluding hydrogens is 779 g/mol. The van der Waals surface area contributed by atoms with Gasteiger partial charge in [-0.15, -0.1) is 0 Å². The summed E-state index contributed by atoms with van der Waals surface area (Å²) in [6.45, 7) is 4.96. The molecule has 0 aliphatic heterocycles. The van der Waals surface area contributed by atoms with Gasteiger partial charge in [0, 0.05) is 12.8 Å². The molecule has 0 aliphatic carbocycles. The average molecular weight is 893 g/mol. The number of aliphatic hydroxyl groups excluding tert-OH is 2. The largest absolute Gasteiger partial charge is 0.466 e. The van der Waals surface area contributed by atoms with Gasteiger partial charge in [-0.3, -0.25) is 9.59 Å². The van der Waals surface area contributed by atoms with Crippen LogP contribution in [-0.4, -0.2) is 47.4 Å². The highest BCUT2D eigenvalue weighted by molar-refractivity contribution is 5.76. The van der Waals surface area contributed by atoms with Gasteiger partial charge in [0.2, 0.25) is 5.91 Å². The monoisotopic (exact) mass is 892 g/mol. The second kappa shape index (κ2) is 53.5. The fraction of sp³-hybridized carbons (Fsp3) is 0.965. The molecule has 376 valence electrons. The first-order valence-corrected chi connectivity index (χ1v) is 28.8. The number of unbranched alkanes of at least 4 members (excludes halogenated alkanes) is 43. The maximum absolute atomic E-state index is 12.4. The highest BCUT2D eigenvalue weighted by Gasteiger charge is 2.20. The number of carbonyl (C=O) groups is 2. The van der Waals surface area contributed by atoms with Gasteiger partial charge in [-0.2, -0.15) is 0 Å². The third kappa shape index (κ3) is 50.1. The smallest absolute Gasteiger partial charge is 0.305 e. The summed E-state index contributed by atoms with van der Waals surface area (Å²) in [5.41, 5.74) is 0. The van der Waals surface area contributed by atoms with Gasteiger partial charge in [-0.25, -0.2) is 0 Å². The quantitative estimate of drug-likeness (QED) is 0.0418. The minimum atomic E-state index is -0.664. The van der Waals surface area contributed by atoms with Crippen molar-refractivity contribution in [2.45, 2.75) is 341 Å². The molecule has 2 unspecified atom stereocenters. The highest BCUT2D eigenvalue weighted by atomic mass is 16.5. The number of rotatable bonds is 54. The zero-order chi connectivity index (χ0) is 45.8. The van der Waals surface area contributed by atoms with Crippen LogP contribution in [0, 0.1) is 0 Å². The van der Waals surface area contributed by atoms with E-state index in [2.05, 4.69) is 19.2 Å². The number of esters is 1. The normalized spacial score (nSPS) is 12.5. The fourth-order valence-electron chi connectivity index (χ4n) is 9.23. The van der Waals surface area contributed by atoms with E-state index in [-0.39, 0.29) is 18.5 Å². The van der Waals surface area contributed by atoms with Crippen molar-refractivity contribution in [3.63, 3.8) is 0 Å². The van der Waals surface area contributed by atoms with Crippen LogP contribution in [0.4, 0.5) is 0 Å². The molecule has 0 aromatic heterocycles. The van der Waals surface area contributed by atoms with Gasteiger partial charge in [0.05, 0.1) is 25.4 Å². The highest BCUT2D eigenvalue weighted by Crippen LogP contribution is 2.18. The van der Waals surface area contributed by atoms with Gasteiger partial charge in [0.1, 0.15) is 0 Å². The molecule has 0 bridgehead atoms. The van der Waals surface area contributed by atoms with E-state index in [9.17, 15) is 19.8 Å². The molecule has 6 nitrogen and oxygen atoms in total. The zero-order valence-corrected chi connectivity index (χ0v) is 42.8. The van der Waals surface area contributed by atoms with E-state index in [1.807, 2.05) is 0 Å². The molecule has 0 saturated carbocycles. The van der Waals surface area contributed by atoms with Crippen molar-refractivity contribution in [2.75, 3.05) is 13.2 Å². The van der Waals surface area contributed by atoms with E-state index in [0.717, 1.165) is 38.5 Å². The van der Waals surface area contributed by atoms with Gasteiger partial charge < -0.3 is 20.3 Å². The first-order chi connectivity index (χ1) is 31.0. The van der Waals surface area contributed by atoms with E-state index in [0.29, 0.717) is 25.9 Å². The summed E-state index contributed by atoms with van der Waals surface area (Å²) < 4.78 is 5.49. The van der Waals surface area contributed by atoms with Crippen LogP contribution in [0.3, 0.4) is 0 Å². The third-order valence-corrected chi connectivity index (χ3v) is 13.7. The van der Waals surface area contributed by atoms with E-state index in [4.69, 9.17) is 4.74 Å². The van der Waals surface area contributed by atoms with Crippen LogP contribution in [0.25, 0.3) is 0 Å². The minimum absolute atomic E-state index is 0.0119. The number of nitrogens with one attached hydrogen (secondary N) is 1. The first-order valence-electron chi connectivity index (χ1n) is 28.8. The van der Waals surface area contributed by atoms with Crippen molar-refractivity contribution in [2.24, 2.45) is 0 Å². The lowest BCUT2D eigenvalue weighted by Crippen LogP contribution is -2.45. The Kier molecular flexibility index (Phi) is 52.5. The van der Waals surface area contributed by atoms with Crippen molar-refractivity contribution in [3.05, 3.63) is 0 Å².